The van der Waals surface area contributed by atoms with Crippen LogP contribution in [0.5, 0.6) is 0 Å². The van der Waals surface area contributed by atoms with Crippen LogP contribution in [0.2, 0.25) is 0 Å². The van der Waals surface area contributed by atoms with Crippen molar-refractivity contribution in [2.24, 2.45) is 11.5 Å². The van der Waals surface area contributed by atoms with Gasteiger partial charge in [0.25, 0.3) is 0 Å². The molecule has 0 aliphatic carbocycles. The lowest BCUT2D eigenvalue weighted by Crippen LogP contribution is -2.31. The summed E-state index contributed by atoms with van der Waals surface area (Å²) in [5.74, 6) is 0. The summed E-state index contributed by atoms with van der Waals surface area (Å²) < 4.78 is 0. The number of rotatable bonds is 10. The van der Waals surface area contributed by atoms with Gasteiger partial charge in [0.2, 0.25) is 0 Å². The molecule has 0 spiro atoms. The summed E-state index contributed by atoms with van der Waals surface area (Å²) in [4.78, 5) is 0. The minimum Gasteiger partial charge on any atom is -0.330 e. The fourth-order valence-electron chi connectivity index (χ4n) is 1.79. The predicted octanol–water partition coefficient (Wildman–Crippen LogP) is 4.61. The van der Waals surface area contributed by atoms with Crippen LogP contribution in [0.4, 0.5) is 0 Å². The van der Waals surface area contributed by atoms with Crippen LogP contribution in [0.15, 0.2) is 0 Å². The molecule has 0 saturated carbocycles. The molecule has 4 N–H and O–H groups in total. The molecule has 0 aliphatic rings. The first-order valence-corrected chi connectivity index (χ1v) is 7.96. The highest BCUT2D eigenvalue weighted by atomic mass is 14.7. The van der Waals surface area contributed by atoms with E-state index in [1.807, 2.05) is 0 Å². The Morgan fingerprint density at radius 2 is 1.06 bits per heavy atom. The van der Waals surface area contributed by atoms with Crippen LogP contribution in [0.25, 0.3) is 0 Å². The van der Waals surface area contributed by atoms with E-state index in [4.69, 9.17) is 11.5 Å². The van der Waals surface area contributed by atoms with Crippen molar-refractivity contribution in [2.75, 3.05) is 6.54 Å². The van der Waals surface area contributed by atoms with Crippen molar-refractivity contribution in [2.45, 2.75) is 97.4 Å². The van der Waals surface area contributed by atoms with Gasteiger partial charge in [0.15, 0.2) is 0 Å². The Hall–Kier alpha value is -0.0800. The van der Waals surface area contributed by atoms with Crippen LogP contribution in [0.1, 0.15) is 91.9 Å². The molecule has 0 saturated heterocycles. The van der Waals surface area contributed by atoms with Gasteiger partial charge in [-0.05, 0) is 33.2 Å². The van der Waals surface area contributed by atoms with E-state index in [1.165, 1.54) is 57.8 Å². The molecule has 0 rings (SSSR count). The lowest BCUT2D eigenvalue weighted by atomic mass is 9.97. The maximum Gasteiger partial charge on any atom is 0.00970 e. The molecule has 0 bridgehead atoms. The number of nitrogens with two attached hydrogens (primary N) is 2. The molecule has 0 amide bonds. The maximum absolute atomic E-state index is 5.92. The zero-order valence-electron chi connectivity index (χ0n) is 13.4. The molecular formula is C16H38N2. The fourth-order valence-corrected chi connectivity index (χ4v) is 1.79. The molecule has 18 heavy (non-hydrogen) atoms. The topological polar surface area (TPSA) is 52.0 Å². The molecule has 0 aromatic carbocycles. The Balaban J connectivity index is 0. The van der Waals surface area contributed by atoms with Gasteiger partial charge >= 0.3 is 0 Å². The van der Waals surface area contributed by atoms with Crippen molar-refractivity contribution in [3.05, 3.63) is 0 Å². The van der Waals surface area contributed by atoms with Crippen LogP contribution >= 0.6 is 0 Å². The maximum atomic E-state index is 5.92. The van der Waals surface area contributed by atoms with Gasteiger partial charge in [0.1, 0.15) is 0 Å². The lowest BCUT2D eigenvalue weighted by Gasteiger charge is -2.17. The average Bonchev–Trinajstić information content (AvgIpc) is 2.26. The molecule has 0 heterocycles. The molecule has 2 nitrogen and oxygen atoms in total. The predicted molar refractivity (Wildman–Crippen MR) is 84.8 cm³/mol. The molecule has 0 atom stereocenters. The quantitative estimate of drug-likeness (QED) is 0.562. The molecule has 0 fully saturated rings. The standard InChI is InChI=1S/C13H30N2.C3H8/c1-13(2,15)11-9-7-5-3-4-6-8-10-12-14;1-3-2/h3-12,14-15H2,1-2H3;3H2,1-2H3. The van der Waals surface area contributed by atoms with E-state index in [1.54, 1.807) is 0 Å². The summed E-state index contributed by atoms with van der Waals surface area (Å²) in [6.45, 7) is 9.32. The van der Waals surface area contributed by atoms with Crippen molar-refractivity contribution in [1.82, 2.24) is 0 Å². The third-order valence-corrected chi connectivity index (χ3v) is 2.78. The van der Waals surface area contributed by atoms with Crippen LogP contribution in [0, 0.1) is 0 Å². The van der Waals surface area contributed by atoms with E-state index in [0.29, 0.717) is 0 Å². The second-order valence-electron chi connectivity index (χ2n) is 6.06. The van der Waals surface area contributed by atoms with E-state index in [0.717, 1.165) is 13.0 Å². The summed E-state index contributed by atoms with van der Waals surface area (Å²) in [6.07, 6.45) is 13.0. The molecule has 0 radical (unpaired) electrons. The van der Waals surface area contributed by atoms with Crippen molar-refractivity contribution < 1.29 is 0 Å². The van der Waals surface area contributed by atoms with Gasteiger partial charge in [0, 0.05) is 5.54 Å². The van der Waals surface area contributed by atoms with Crippen LogP contribution in [-0.2, 0) is 0 Å². The highest BCUT2D eigenvalue weighted by Crippen LogP contribution is 2.13. The van der Waals surface area contributed by atoms with Crippen molar-refractivity contribution in [3.8, 4) is 0 Å². The number of hydrogen-bond acceptors (Lipinski definition) is 2. The zero-order valence-corrected chi connectivity index (χ0v) is 13.4. The summed E-state index contributed by atoms with van der Waals surface area (Å²) in [6, 6.07) is 0. The summed E-state index contributed by atoms with van der Waals surface area (Å²) in [5, 5.41) is 0. The fraction of sp³-hybridized carbons (Fsp3) is 1.00. The number of unbranched alkanes of at least 4 members (excludes halogenated alkanes) is 7. The second kappa shape index (κ2) is 15.0. The molecular weight excluding hydrogens is 220 g/mol. The molecule has 0 aromatic rings. The van der Waals surface area contributed by atoms with Gasteiger partial charge in [-0.15, -0.1) is 0 Å². The monoisotopic (exact) mass is 258 g/mol. The van der Waals surface area contributed by atoms with Gasteiger partial charge in [-0.25, -0.2) is 0 Å². The van der Waals surface area contributed by atoms with Crippen LogP contribution < -0.4 is 11.5 Å². The van der Waals surface area contributed by atoms with Crippen molar-refractivity contribution in [1.29, 1.82) is 0 Å². The molecule has 2 heteroatoms. The number of hydrogen-bond donors (Lipinski definition) is 2. The van der Waals surface area contributed by atoms with Gasteiger partial charge in [-0.3, -0.25) is 0 Å². The van der Waals surface area contributed by atoms with Crippen LogP contribution in [-0.4, -0.2) is 12.1 Å². The van der Waals surface area contributed by atoms with Gasteiger partial charge in [-0.2, -0.15) is 0 Å². The van der Waals surface area contributed by atoms with E-state index >= 15 is 0 Å². The largest absolute Gasteiger partial charge is 0.330 e. The van der Waals surface area contributed by atoms with Gasteiger partial charge in [-0.1, -0.05) is 65.2 Å². The Morgan fingerprint density at radius 3 is 1.39 bits per heavy atom. The summed E-state index contributed by atoms with van der Waals surface area (Å²) in [5.41, 5.74) is 11.4. The Kier molecular flexibility index (Phi) is 16.8. The van der Waals surface area contributed by atoms with Crippen LogP contribution in [0.3, 0.4) is 0 Å². The average molecular weight is 258 g/mol. The molecule has 112 valence electrons. The minimum absolute atomic E-state index is 0.0289. The van der Waals surface area contributed by atoms with E-state index in [-0.39, 0.29) is 5.54 Å². The Labute approximate surface area is 116 Å². The first kappa shape index (κ1) is 20.2. The first-order chi connectivity index (χ1) is 8.47. The van der Waals surface area contributed by atoms with E-state index in [2.05, 4.69) is 27.7 Å². The van der Waals surface area contributed by atoms with E-state index in [9.17, 15) is 0 Å². The summed E-state index contributed by atoms with van der Waals surface area (Å²) in [7, 11) is 0. The molecule has 0 aliphatic heterocycles. The van der Waals surface area contributed by atoms with E-state index < -0.39 is 0 Å². The third-order valence-electron chi connectivity index (χ3n) is 2.78. The zero-order chi connectivity index (χ0) is 14.3. The SMILES string of the molecule is CC(C)(N)CCCCCCCCCCN.CCC. The van der Waals surface area contributed by atoms with Gasteiger partial charge in [0.05, 0.1) is 0 Å². The smallest absolute Gasteiger partial charge is 0.00970 e. The first-order valence-electron chi connectivity index (χ1n) is 7.96. The molecule has 0 aromatic heterocycles. The second-order valence-corrected chi connectivity index (χ2v) is 6.06. The van der Waals surface area contributed by atoms with Gasteiger partial charge < -0.3 is 11.5 Å². The normalized spacial score (nSPS) is 11.0. The van der Waals surface area contributed by atoms with Crippen molar-refractivity contribution >= 4 is 0 Å². The summed E-state index contributed by atoms with van der Waals surface area (Å²) >= 11 is 0. The molecule has 0 unspecified atom stereocenters. The third kappa shape index (κ3) is 24.9. The lowest BCUT2D eigenvalue weighted by molar-refractivity contribution is 0.440. The van der Waals surface area contributed by atoms with Crippen molar-refractivity contribution in [3.63, 3.8) is 0 Å². The highest BCUT2D eigenvalue weighted by molar-refractivity contribution is 4.70. The Morgan fingerprint density at radius 1 is 0.722 bits per heavy atom. The Bertz CT molecular complexity index is 139. The highest BCUT2D eigenvalue weighted by Gasteiger charge is 2.08. The minimum atomic E-state index is 0.0289.